The molecular formula is C12H14N2S. The lowest BCUT2D eigenvalue weighted by atomic mass is 10.1. The number of benzene rings is 1. The highest BCUT2D eigenvalue weighted by Crippen LogP contribution is 2.32. The van der Waals surface area contributed by atoms with Crippen molar-refractivity contribution in [2.45, 2.75) is 30.7 Å². The van der Waals surface area contributed by atoms with Gasteiger partial charge in [0.25, 0.3) is 0 Å². The Labute approximate surface area is 94.1 Å². The Morgan fingerprint density at radius 3 is 2.33 bits per heavy atom. The standard InChI is InChI=1S/C12H14N2S/c1-8-6-9(2)12(10(3)7-8)15-11-4-5-13-14-11/h4-7H,1-3H3,(H,13,14). The second-order valence-electron chi connectivity index (χ2n) is 3.75. The molecule has 0 unspecified atom stereocenters. The third-order valence-corrected chi connectivity index (χ3v) is 3.59. The van der Waals surface area contributed by atoms with Gasteiger partial charge in [0.05, 0.1) is 5.03 Å². The van der Waals surface area contributed by atoms with Gasteiger partial charge in [-0.2, -0.15) is 5.10 Å². The summed E-state index contributed by atoms with van der Waals surface area (Å²) in [6.45, 7) is 6.43. The minimum atomic E-state index is 1.09. The van der Waals surface area contributed by atoms with E-state index in [1.165, 1.54) is 21.6 Å². The molecule has 0 radical (unpaired) electrons. The second-order valence-corrected chi connectivity index (χ2v) is 4.80. The van der Waals surface area contributed by atoms with Crippen LogP contribution in [0.15, 0.2) is 34.3 Å². The van der Waals surface area contributed by atoms with Crippen LogP contribution in [0.5, 0.6) is 0 Å². The van der Waals surface area contributed by atoms with Crippen molar-refractivity contribution >= 4 is 11.8 Å². The van der Waals surface area contributed by atoms with Gasteiger partial charge in [-0.1, -0.05) is 29.5 Å². The third-order valence-electron chi connectivity index (χ3n) is 2.29. The molecule has 15 heavy (non-hydrogen) atoms. The van der Waals surface area contributed by atoms with Gasteiger partial charge in [-0.05, 0) is 38.0 Å². The lowest BCUT2D eigenvalue weighted by Crippen LogP contribution is -1.87. The zero-order chi connectivity index (χ0) is 10.8. The molecule has 0 aliphatic heterocycles. The molecule has 0 atom stereocenters. The topological polar surface area (TPSA) is 28.7 Å². The molecule has 1 heterocycles. The normalized spacial score (nSPS) is 10.6. The Hall–Kier alpha value is -1.22. The van der Waals surface area contributed by atoms with Gasteiger partial charge < -0.3 is 0 Å². The first-order chi connectivity index (χ1) is 7.16. The van der Waals surface area contributed by atoms with Crippen LogP contribution in [0.4, 0.5) is 0 Å². The van der Waals surface area contributed by atoms with Crippen LogP contribution in [-0.2, 0) is 0 Å². The fourth-order valence-electron chi connectivity index (χ4n) is 1.74. The molecule has 1 N–H and O–H groups in total. The van der Waals surface area contributed by atoms with Crippen molar-refractivity contribution in [2.75, 3.05) is 0 Å². The van der Waals surface area contributed by atoms with Crippen LogP contribution in [0.3, 0.4) is 0 Å². The molecule has 78 valence electrons. The molecule has 3 heteroatoms. The smallest absolute Gasteiger partial charge is 0.0955 e. The van der Waals surface area contributed by atoms with Gasteiger partial charge in [-0.25, -0.2) is 0 Å². The number of nitrogens with one attached hydrogen (secondary N) is 1. The van der Waals surface area contributed by atoms with E-state index in [9.17, 15) is 0 Å². The summed E-state index contributed by atoms with van der Waals surface area (Å²) in [5.74, 6) is 0. The summed E-state index contributed by atoms with van der Waals surface area (Å²) in [6.07, 6.45) is 1.78. The second kappa shape index (κ2) is 4.11. The highest BCUT2D eigenvalue weighted by molar-refractivity contribution is 7.99. The predicted molar refractivity (Wildman–Crippen MR) is 63.4 cm³/mol. The average Bonchev–Trinajstić information content (AvgIpc) is 2.63. The summed E-state index contributed by atoms with van der Waals surface area (Å²) in [4.78, 5) is 1.32. The van der Waals surface area contributed by atoms with Crippen molar-refractivity contribution in [3.05, 3.63) is 41.1 Å². The summed E-state index contributed by atoms with van der Waals surface area (Å²) in [6, 6.07) is 6.42. The van der Waals surface area contributed by atoms with Crippen LogP contribution < -0.4 is 0 Å². The number of rotatable bonds is 2. The van der Waals surface area contributed by atoms with Gasteiger partial charge in [-0.3, -0.25) is 5.10 Å². The summed E-state index contributed by atoms with van der Waals surface area (Å²) in [7, 11) is 0. The fraction of sp³-hybridized carbons (Fsp3) is 0.250. The van der Waals surface area contributed by atoms with Crippen LogP contribution in [0.2, 0.25) is 0 Å². The summed E-state index contributed by atoms with van der Waals surface area (Å²) in [5.41, 5.74) is 3.97. The monoisotopic (exact) mass is 218 g/mol. The SMILES string of the molecule is Cc1cc(C)c(Sc2ccn[nH]2)c(C)c1. The minimum absolute atomic E-state index is 1.09. The maximum atomic E-state index is 3.95. The van der Waals surface area contributed by atoms with Crippen molar-refractivity contribution < 1.29 is 0 Å². The zero-order valence-electron chi connectivity index (χ0n) is 9.16. The first kappa shape index (κ1) is 10.3. The molecule has 0 amide bonds. The van der Waals surface area contributed by atoms with Gasteiger partial charge in [0.15, 0.2) is 0 Å². The van der Waals surface area contributed by atoms with E-state index in [1.54, 1.807) is 18.0 Å². The predicted octanol–water partition coefficient (Wildman–Crippen LogP) is 3.49. The Bertz CT molecular complexity index is 437. The van der Waals surface area contributed by atoms with Crippen molar-refractivity contribution in [3.63, 3.8) is 0 Å². The number of aromatic amines is 1. The van der Waals surface area contributed by atoms with Crippen molar-refractivity contribution in [1.82, 2.24) is 10.2 Å². The molecule has 0 saturated carbocycles. The van der Waals surface area contributed by atoms with Gasteiger partial charge in [0.2, 0.25) is 0 Å². The maximum Gasteiger partial charge on any atom is 0.0955 e. The van der Waals surface area contributed by atoms with E-state index in [0.29, 0.717) is 0 Å². The number of aromatic nitrogens is 2. The van der Waals surface area contributed by atoms with Crippen molar-refractivity contribution in [3.8, 4) is 0 Å². The molecule has 1 aromatic heterocycles. The maximum absolute atomic E-state index is 3.95. The molecule has 0 aliphatic carbocycles. The van der Waals surface area contributed by atoms with E-state index in [4.69, 9.17) is 0 Å². The molecule has 2 rings (SSSR count). The Balaban J connectivity index is 2.36. The molecule has 0 aliphatic rings. The molecule has 0 saturated heterocycles. The molecule has 0 spiro atoms. The Morgan fingerprint density at radius 1 is 1.13 bits per heavy atom. The Morgan fingerprint density at radius 2 is 1.80 bits per heavy atom. The average molecular weight is 218 g/mol. The molecule has 1 aromatic carbocycles. The van der Waals surface area contributed by atoms with Gasteiger partial charge in [-0.15, -0.1) is 0 Å². The van der Waals surface area contributed by atoms with Crippen LogP contribution in [0.25, 0.3) is 0 Å². The number of nitrogens with zero attached hydrogens (tertiary/aromatic N) is 1. The van der Waals surface area contributed by atoms with E-state index >= 15 is 0 Å². The highest BCUT2D eigenvalue weighted by Gasteiger charge is 2.06. The minimum Gasteiger partial charge on any atom is -0.272 e. The van der Waals surface area contributed by atoms with Crippen LogP contribution >= 0.6 is 11.8 Å². The zero-order valence-corrected chi connectivity index (χ0v) is 9.98. The molecule has 0 bridgehead atoms. The van der Waals surface area contributed by atoms with Gasteiger partial charge in [0, 0.05) is 11.1 Å². The van der Waals surface area contributed by atoms with E-state index in [0.717, 1.165) is 5.03 Å². The first-order valence-corrected chi connectivity index (χ1v) is 5.73. The van der Waals surface area contributed by atoms with E-state index in [2.05, 4.69) is 43.1 Å². The van der Waals surface area contributed by atoms with Crippen LogP contribution in [-0.4, -0.2) is 10.2 Å². The van der Waals surface area contributed by atoms with Gasteiger partial charge in [0.1, 0.15) is 0 Å². The van der Waals surface area contributed by atoms with Crippen LogP contribution in [0, 0.1) is 20.8 Å². The summed E-state index contributed by atoms with van der Waals surface area (Å²) >= 11 is 1.74. The van der Waals surface area contributed by atoms with E-state index in [1.807, 2.05) is 6.07 Å². The summed E-state index contributed by atoms with van der Waals surface area (Å²) < 4.78 is 0. The summed E-state index contributed by atoms with van der Waals surface area (Å²) in [5, 5.41) is 8.01. The molecule has 2 aromatic rings. The Kier molecular flexibility index (Phi) is 2.82. The lowest BCUT2D eigenvalue weighted by molar-refractivity contribution is 1.00. The number of hydrogen-bond donors (Lipinski definition) is 1. The molecule has 2 nitrogen and oxygen atoms in total. The van der Waals surface area contributed by atoms with Gasteiger partial charge >= 0.3 is 0 Å². The van der Waals surface area contributed by atoms with Crippen molar-refractivity contribution in [1.29, 1.82) is 0 Å². The van der Waals surface area contributed by atoms with Crippen LogP contribution in [0.1, 0.15) is 16.7 Å². The number of H-pyrrole nitrogens is 1. The highest BCUT2D eigenvalue weighted by atomic mass is 32.2. The first-order valence-electron chi connectivity index (χ1n) is 4.92. The quantitative estimate of drug-likeness (QED) is 0.836. The molecular weight excluding hydrogens is 204 g/mol. The third kappa shape index (κ3) is 2.23. The number of aryl methyl sites for hydroxylation is 3. The number of hydrogen-bond acceptors (Lipinski definition) is 2. The van der Waals surface area contributed by atoms with E-state index in [-0.39, 0.29) is 0 Å². The lowest BCUT2D eigenvalue weighted by Gasteiger charge is -2.09. The van der Waals surface area contributed by atoms with E-state index < -0.39 is 0 Å². The fourth-order valence-corrected chi connectivity index (χ4v) is 2.62. The largest absolute Gasteiger partial charge is 0.272 e. The van der Waals surface area contributed by atoms with Crippen molar-refractivity contribution in [2.24, 2.45) is 0 Å². The molecule has 0 fully saturated rings.